The van der Waals surface area contributed by atoms with Crippen LogP contribution in [0.2, 0.25) is 5.02 Å². The molecule has 0 radical (unpaired) electrons. The highest BCUT2D eigenvalue weighted by molar-refractivity contribution is 6.30. The van der Waals surface area contributed by atoms with Crippen molar-refractivity contribution in [1.82, 2.24) is 14.8 Å². The highest BCUT2D eigenvalue weighted by Gasteiger charge is 2.04. The number of hydrogen-bond acceptors (Lipinski definition) is 3. The topological polar surface area (TPSA) is 56.7 Å². The van der Waals surface area contributed by atoms with Crippen molar-refractivity contribution < 1.29 is 0 Å². The van der Waals surface area contributed by atoms with Gasteiger partial charge in [-0.2, -0.15) is 5.10 Å². The van der Waals surface area contributed by atoms with Crippen LogP contribution in [0.25, 0.3) is 16.9 Å². The minimum atomic E-state index is 0.631. The third kappa shape index (κ3) is 2.44. The molecular formula is C14H11ClN4. The Morgan fingerprint density at radius 2 is 1.95 bits per heavy atom. The Kier molecular flexibility index (Phi) is 2.93. The Labute approximate surface area is 115 Å². The van der Waals surface area contributed by atoms with Crippen LogP contribution in [0.4, 0.5) is 5.69 Å². The fourth-order valence-corrected chi connectivity index (χ4v) is 1.99. The van der Waals surface area contributed by atoms with Crippen molar-refractivity contribution in [2.24, 2.45) is 0 Å². The molecule has 5 heteroatoms. The van der Waals surface area contributed by atoms with Gasteiger partial charge in [-0.1, -0.05) is 23.7 Å². The van der Waals surface area contributed by atoms with E-state index in [1.807, 2.05) is 36.5 Å². The Balaban J connectivity index is 1.97. The summed E-state index contributed by atoms with van der Waals surface area (Å²) < 4.78 is 1.70. The first-order valence-corrected chi connectivity index (χ1v) is 6.13. The number of nitrogens with zero attached hydrogens (tertiary/aromatic N) is 3. The van der Waals surface area contributed by atoms with E-state index in [1.165, 1.54) is 0 Å². The van der Waals surface area contributed by atoms with Gasteiger partial charge in [-0.3, -0.25) is 0 Å². The van der Waals surface area contributed by atoms with E-state index in [4.69, 9.17) is 17.3 Å². The quantitative estimate of drug-likeness (QED) is 0.778. The van der Waals surface area contributed by atoms with Crippen LogP contribution in [0.1, 0.15) is 0 Å². The lowest BCUT2D eigenvalue weighted by Crippen LogP contribution is -1.98. The van der Waals surface area contributed by atoms with E-state index in [0.717, 1.165) is 16.9 Å². The summed E-state index contributed by atoms with van der Waals surface area (Å²) in [5, 5.41) is 5.00. The second-order valence-electron chi connectivity index (χ2n) is 4.13. The number of rotatable bonds is 2. The molecule has 94 valence electrons. The van der Waals surface area contributed by atoms with Crippen LogP contribution in [0.15, 0.2) is 55.0 Å². The first-order chi connectivity index (χ1) is 9.22. The lowest BCUT2D eigenvalue weighted by molar-refractivity contribution is 0.847. The summed E-state index contributed by atoms with van der Waals surface area (Å²) in [6.45, 7) is 0. The van der Waals surface area contributed by atoms with Crippen LogP contribution in [-0.2, 0) is 0 Å². The molecule has 0 saturated heterocycles. The Bertz CT molecular complexity index is 703. The third-order valence-electron chi connectivity index (χ3n) is 2.75. The number of nitrogens with two attached hydrogens (primary N) is 1. The number of halogens is 1. The highest BCUT2D eigenvalue weighted by Crippen LogP contribution is 2.22. The lowest BCUT2D eigenvalue weighted by Gasteiger charge is -2.00. The lowest BCUT2D eigenvalue weighted by atomic mass is 10.1. The molecule has 2 N–H and O–H groups in total. The molecule has 3 aromatic rings. The number of benzene rings is 1. The molecule has 3 rings (SSSR count). The molecule has 19 heavy (non-hydrogen) atoms. The average Bonchev–Trinajstić information content (AvgIpc) is 2.89. The van der Waals surface area contributed by atoms with Gasteiger partial charge in [-0.05, 0) is 29.8 Å². The zero-order chi connectivity index (χ0) is 13.2. The van der Waals surface area contributed by atoms with E-state index in [0.29, 0.717) is 10.7 Å². The molecule has 0 aliphatic rings. The monoisotopic (exact) mass is 270 g/mol. The fourth-order valence-electron chi connectivity index (χ4n) is 1.80. The molecule has 0 aliphatic heterocycles. The summed E-state index contributed by atoms with van der Waals surface area (Å²) in [7, 11) is 0. The maximum absolute atomic E-state index is 5.98. The number of hydrogen-bond donors (Lipinski definition) is 1. The van der Waals surface area contributed by atoms with Crippen molar-refractivity contribution >= 4 is 17.3 Å². The van der Waals surface area contributed by atoms with Crippen LogP contribution in [0.3, 0.4) is 0 Å². The molecule has 0 amide bonds. The van der Waals surface area contributed by atoms with E-state index in [2.05, 4.69) is 10.1 Å². The predicted molar refractivity (Wildman–Crippen MR) is 76.2 cm³/mol. The predicted octanol–water partition coefficient (Wildman–Crippen LogP) is 3.17. The first kappa shape index (κ1) is 11.7. The van der Waals surface area contributed by atoms with E-state index in [1.54, 1.807) is 23.1 Å². The van der Waals surface area contributed by atoms with Gasteiger partial charge in [0.05, 0.1) is 18.1 Å². The van der Waals surface area contributed by atoms with Crippen LogP contribution in [0.5, 0.6) is 0 Å². The zero-order valence-electron chi connectivity index (χ0n) is 9.99. The van der Waals surface area contributed by atoms with Gasteiger partial charge in [0, 0.05) is 16.8 Å². The number of anilines is 1. The zero-order valence-corrected chi connectivity index (χ0v) is 10.7. The first-order valence-electron chi connectivity index (χ1n) is 5.75. The summed E-state index contributed by atoms with van der Waals surface area (Å²) in [6, 6.07) is 11.3. The fraction of sp³-hybridized carbons (Fsp3) is 0. The molecule has 4 nitrogen and oxygen atoms in total. The molecule has 2 aromatic heterocycles. The third-order valence-corrected chi connectivity index (χ3v) is 2.98. The summed E-state index contributed by atoms with van der Waals surface area (Å²) in [6.07, 6.45) is 5.30. The SMILES string of the molecule is Nc1ccc(-n2cc(-c3cccc(Cl)c3)cn2)nc1. The molecule has 0 saturated carbocycles. The minimum Gasteiger partial charge on any atom is -0.397 e. The standard InChI is InChI=1S/C14H11ClN4/c15-12-3-1-2-10(6-12)11-7-18-19(9-11)14-5-4-13(16)8-17-14/h1-9H,16H2. The molecule has 2 heterocycles. The smallest absolute Gasteiger partial charge is 0.153 e. The van der Waals surface area contributed by atoms with Gasteiger partial charge < -0.3 is 5.73 Å². The van der Waals surface area contributed by atoms with Gasteiger partial charge >= 0.3 is 0 Å². The number of pyridine rings is 1. The second kappa shape index (κ2) is 4.74. The van der Waals surface area contributed by atoms with Crippen LogP contribution >= 0.6 is 11.6 Å². The second-order valence-corrected chi connectivity index (χ2v) is 4.57. The number of aromatic nitrogens is 3. The number of nitrogen functional groups attached to an aromatic ring is 1. The van der Waals surface area contributed by atoms with Gasteiger partial charge in [0.15, 0.2) is 5.82 Å². The van der Waals surface area contributed by atoms with E-state index >= 15 is 0 Å². The van der Waals surface area contributed by atoms with E-state index in [9.17, 15) is 0 Å². The van der Waals surface area contributed by atoms with Crippen molar-refractivity contribution in [3.8, 4) is 16.9 Å². The molecule has 0 bridgehead atoms. The van der Waals surface area contributed by atoms with Crippen molar-refractivity contribution in [2.75, 3.05) is 5.73 Å². The Morgan fingerprint density at radius 1 is 1.05 bits per heavy atom. The van der Waals surface area contributed by atoms with Crippen LogP contribution in [-0.4, -0.2) is 14.8 Å². The largest absolute Gasteiger partial charge is 0.397 e. The minimum absolute atomic E-state index is 0.631. The Morgan fingerprint density at radius 3 is 2.68 bits per heavy atom. The van der Waals surface area contributed by atoms with Gasteiger partial charge in [0.25, 0.3) is 0 Å². The molecule has 0 aliphatic carbocycles. The van der Waals surface area contributed by atoms with E-state index in [-0.39, 0.29) is 0 Å². The molecule has 0 atom stereocenters. The van der Waals surface area contributed by atoms with Crippen molar-refractivity contribution in [1.29, 1.82) is 0 Å². The van der Waals surface area contributed by atoms with Gasteiger partial charge in [0.1, 0.15) is 0 Å². The molecular weight excluding hydrogens is 260 g/mol. The normalized spacial score (nSPS) is 10.6. The summed E-state index contributed by atoms with van der Waals surface area (Å²) in [5.41, 5.74) is 8.25. The van der Waals surface area contributed by atoms with Gasteiger partial charge in [-0.25, -0.2) is 9.67 Å². The van der Waals surface area contributed by atoms with Gasteiger partial charge in [0.2, 0.25) is 0 Å². The maximum Gasteiger partial charge on any atom is 0.153 e. The molecule has 0 spiro atoms. The summed E-state index contributed by atoms with van der Waals surface area (Å²) in [4.78, 5) is 4.22. The molecule has 0 unspecified atom stereocenters. The summed E-state index contributed by atoms with van der Waals surface area (Å²) >= 11 is 5.98. The van der Waals surface area contributed by atoms with Crippen LogP contribution < -0.4 is 5.73 Å². The van der Waals surface area contributed by atoms with Crippen molar-refractivity contribution in [3.63, 3.8) is 0 Å². The summed E-state index contributed by atoms with van der Waals surface area (Å²) in [5.74, 6) is 0.725. The van der Waals surface area contributed by atoms with Crippen molar-refractivity contribution in [2.45, 2.75) is 0 Å². The van der Waals surface area contributed by atoms with Crippen LogP contribution in [0, 0.1) is 0 Å². The Hall–Kier alpha value is -2.33. The van der Waals surface area contributed by atoms with E-state index < -0.39 is 0 Å². The highest BCUT2D eigenvalue weighted by atomic mass is 35.5. The molecule has 0 fully saturated rings. The maximum atomic E-state index is 5.98. The molecule has 1 aromatic carbocycles. The average molecular weight is 271 g/mol. The van der Waals surface area contributed by atoms with Gasteiger partial charge in [-0.15, -0.1) is 0 Å². The van der Waals surface area contributed by atoms with Crippen molar-refractivity contribution in [3.05, 3.63) is 60.0 Å².